The van der Waals surface area contributed by atoms with Gasteiger partial charge in [-0.15, -0.1) is 0 Å². The largest absolute Gasteiger partial charge is 0.496 e. The molecule has 1 amide bonds. The summed E-state index contributed by atoms with van der Waals surface area (Å²) in [7, 11) is 3.55. The van der Waals surface area contributed by atoms with Gasteiger partial charge in [-0.1, -0.05) is 0 Å². The third-order valence-corrected chi connectivity index (χ3v) is 5.76. The maximum Gasteiger partial charge on any atom is 0.303 e. The van der Waals surface area contributed by atoms with Crippen molar-refractivity contribution in [3.8, 4) is 5.75 Å². The Labute approximate surface area is 175 Å². The van der Waals surface area contributed by atoms with E-state index >= 15 is 0 Å². The van der Waals surface area contributed by atoms with Gasteiger partial charge in [0.25, 0.3) is 5.91 Å². The van der Waals surface area contributed by atoms with Gasteiger partial charge in [-0.05, 0) is 54.8 Å². The average Bonchev–Trinajstić information content (AvgIpc) is 3.02. The van der Waals surface area contributed by atoms with Crippen LogP contribution in [0, 0.1) is 6.92 Å². The third kappa shape index (κ3) is 3.51. The minimum Gasteiger partial charge on any atom is -0.496 e. The number of ether oxygens (including phenoxy) is 1. The monoisotopic (exact) mass is 407 g/mol. The van der Waals surface area contributed by atoms with Crippen LogP contribution in [0.15, 0.2) is 35.3 Å². The number of carbonyl (C=O) groups is 2. The van der Waals surface area contributed by atoms with Crippen LogP contribution in [0.1, 0.15) is 34.3 Å². The number of carboxylic acid groups (broad SMARTS) is 1. The van der Waals surface area contributed by atoms with Crippen LogP contribution in [-0.2, 0) is 11.2 Å². The number of anilines is 2. The zero-order valence-electron chi connectivity index (χ0n) is 17.4. The summed E-state index contributed by atoms with van der Waals surface area (Å²) in [5.74, 6) is -0.184. The summed E-state index contributed by atoms with van der Waals surface area (Å²) in [6.07, 6.45) is 3.29. The number of carbonyl (C=O) groups excluding carboxylic acids is 1. The van der Waals surface area contributed by atoms with Crippen molar-refractivity contribution in [3.05, 3.63) is 47.0 Å². The van der Waals surface area contributed by atoms with Gasteiger partial charge < -0.3 is 14.7 Å². The van der Waals surface area contributed by atoms with Crippen LogP contribution in [0.25, 0.3) is 0 Å². The van der Waals surface area contributed by atoms with Crippen molar-refractivity contribution in [1.29, 1.82) is 0 Å². The summed E-state index contributed by atoms with van der Waals surface area (Å²) in [5.41, 5.74) is 5.15. The number of nitrogens with zero attached hydrogens (tertiary/aromatic N) is 3. The molecule has 0 unspecified atom stereocenters. The molecule has 0 saturated heterocycles. The molecule has 0 aromatic heterocycles. The number of aliphatic carboxylic acids is 1. The maximum atomic E-state index is 13.4. The van der Waals surface area contributed by atoms with E-state index in [0.29, 0.717) is 36.4 Å². The number of benzene rings is 2. The predicted octanol–water partition coefficient (Wildman–Crippen LogP) is 3.59. The molecule has 0 fully saturated rings. The van der Waals surface area contributed by atoms with Gasteiger partial charge in [-0.25, -0.2) is 0 Å². The van der Waals surface area contributed by atoms with Gasteiger partial charge in [0.1, 0.15) is 5.75 Å². The average molecular weight is 407 g/mol. The molecule has 0 aliphatic carbocycles. The SMILES string of the molecule is COc1cc2c(cc1C)N=C[C@@H]1Cc3cc(N(C)CCCC(=O)O)ccc3N1C2=O. The molecule has 1 N–H and O–H groups in total. The predicted molar refractivity (Wildman–Crippen MR) is 117 cm³/mol. The summed E-state index contributed by atoms with van der Waals surface area (Å²) in [6.45, 7) is 2.60. The van der Waals surface area contributed by atoms with Crippen molar-refractivity contribution < 1.29 is 19.4 Å². The number of methoxy groups -OCH3 is 1. The summed E-state index contributed by atoms with van der Waals surface area (Å²) in [6, 6.07) is 9.58. The number of aliphatic imine (C=N–C) groups is 1. The summed E-state index contributed by atoms with van der Waals surface area (Å²) < 4.78 is 5.41. The van der Waals surface area contributed by atoms with Crippen LogP contribution in [0.2, 0.25) is 0 Å². The fraction of sp³-hybridized carbons (Fsp3) is 0.348. The Bertz CT molecular complexity index is 1050. The Hall–Kier alpha value is -3.35. The van der Waals surface area contributed by atoms with Crippen LogP contribution >= 0.6 is 0 Å². The Balaban J connectivity index is 1.62. The molecule has 0 saturated carbocycles. The molecule has 7 nitrogen and oxygen atoms in total. The highest BCUT2D eigenvalue weighted by Crippen LogP contribution is 2.39. The molecule has 0 radical (unpaired) electrons. The zero-order chi connectivity index (χ0) is 21.4. The van der Waals surface area contributed by atoms with E-state index in [-0.39, 0.29) is 18.4 Å². The van der Waals surface area contributed by atoms with Crippen LogP contribution in [-0.4, -0.2) is 49.9 Å². The number of aryl methyl sites for hydroxylation is 1. The molecule has 0 spiro atoms. The molecular formula is C23H25N3O4. The lowest BCUT2D eigenvalue weighted by molar-refractivity contribution is -0.137. The molecule has 7 heteroatoms. The van der Waals surface area contributed by atoms with Crippen LogP contribution in [0.4, 0.5) is 17.1 Å². The van der Waals surface area contributed by atoms with Crippen molar-refractivity contribution in [2.45, 2.75) is 32.2 Å². The van der Waals surface area contributed by atoms with E-state index in [4.69, 9.17) is 9.84 Å². The lowest BCUT2D eigenvalue weighted by atomic mass is 10.1. The third-order valence-electron chi connectivity index (χ3n) is 5.76. The van der Waals surface area contributed by atoms with Crippen molar-refractivity contribution in [2.24, 2.45) is 4.99 Å². The highest BCUT2D eigenvalue weighted by molar-refractivity contribution is 6.14. The minimum atomic E-state index is -0.782. The van der Waals surface area contributed by atoms with Gasteiger partial charge in [0.05, 0.1) is 24.4 Å². The first-order valence-electron chi connectivity index (χ1n) is 10.0. The van der Waals surface area contributed by atoms with E-state index in [1.165, 1.54) is 0 Å². The zero-order valence-corrected chi connectivity index (χ0v) is 17.4. The molecule has 2 heterocycles. The van der Waals surface area contributed by atoms with Gasteiger partial charge in [0.15, 0.2) is 0 Å². The molecule has 2 aromatic carbocycles. The Kier molecular flexibility index (Phi) is 5.20. The number of rotatable bonds is 6. The second kappa shape index (κ2) is 7.82. The fourth-order valence-electron chi connectivity index (χ4n) is 4.15. The summed E-state index contributed by atoms with van der Waals surface area (Å²) in [4.78, 5) is 32.6. The van der Waals surface area contributed by atoms with Gasteiger partial charge in [-0.2, -0.15) is 0 Å². The molecule has 2 aromatic rings. The van der Waals surface area contributed by atoms with Gasteiger partial charge in [-0.3, -0.25) is 19.5 Å². The van der Waals surface area contributed by atoms with E-state index in [9.17, 15) is 9.59 Å². The number of amides is 1. The molecule has 156 valence electrons. The van der Waals surface area contributed by atoms with Gasteiger partial charge in [0, 0.05) is 44.0 Å². The molecule has 30 heavy (non-hydrogen) atoms. The lowest BCUT2D eigenvalue weighted by Crippen LogP contribution is -2.37. The van der Waals surface area contributed by atoms with Gasteiger partial charge in [0.2, 0.25) is 0 Å². The molecular weight excluding hydrogens is 382 g/mol. The summed E-state index contributed by atoms with van der Waals surface area (Å²) >= 11 is 0. The van der Waals surface area contributed by atoms with E-state index in [0.717, 1.165) is 22.5 Å². The Morgan fingerprint density at radius 1 is 1.33 bits per heavy atom. The van der Waals surface area contributed by atoms with Crippen molar-refractivity contribution in [2.75, 3.05) is 30.5 Å². The first-order valence-corrected chi connectivity index (χ1v) is 10.0. The maximum absolute atomic E-state index is 13.4. The van der Waals surface area contributed by atoms with E-state index in [1.807, 2.05) is 48.2 Å². The van der Waals surface area contributed by atoms with Crippen molar-refractivity contribution in [1.82, 2.24) is 0 Å². The fourth-order valence-corrected chi connectivity index (χ4v) is 4.15. The molecule has 0 bridgehead atoms. The van der Waals surface area contributed by atoms with E-state index < -0.39 is 5.97 Å². The standard InChI is InChI=1S/C23H25N3O4/c1-14-9-19-18(12-21(14)30-3)23(29)26-17(13-24-19)11-15-10-16(6-7-20(15)26)25(2)8-4-5-22(27)28/h6-7,9-10,12-13,17H,4-5,8,11H2,1-3H3,(H,27,28)/t17-/m0/s1. The second-order valence-corrected chi connectivity index (χ2v) is 7.80. The van der Waals surface area contributed by atoms with Gasteiger partial charge >= 0.3 is 5.97 Å². The van der Waals surface area contributed by atoms with Crippen molar-refractivity contribution >= 4 is 35.2 Å². The lowest BCUT2D eigenvalue weighted by Gasteiger charge is -2.23. The topological polar surface area (TPSA) is 82.4 Å². The molecule has 4 rings (SSSR count). The van der Waals surface area contributed by atoms with Crippen molar-refractivity contribution in [3.63, 3.8) is 0 Å². The van der Waals surface area contributed by atoms with Crippen LogP contribution in [0.3, 0.4) is 0 Å². The summed E-state index contributed by atoms with van der Waals surface area (Å²) in [5, 5.41) is 8.83. The molecule has 1 atom stereocenters. The number of hydrogen-bond donors (Lipinski definition) is 1. The number of carboxylic acids is 1. The first-order chi connectivity index (χ1) is 14.4. The second-order valence-electron chi connectivity index (χ2n) is 7.80. The van der Waals surface area contributed by atoms with E-state index in [1.54, 1.807) is 13.2 Å². The van der Waals surface area contributed by atoms with Crippen LogP contribution in [0.5, 0.6) is 5.75 Å². The highest BCUT2D eigenvalue weighted by Gasteiger charge is 2.36. The minimum absolute atomic E-state index is 0.0767. The molecule has 2 aliphatic rings. The normalized spacial score (nSPS) is 16.6. The number of fused-ring (bicyclic) bond motifs is 4. The Morgan fingerprint density at radius 3 is 2.87 bits per heavy atom. The molecule has 2 aliphatic heterocycles. The van der Waals surface area contributed by atoms with Crippen LogP contribution < -0.4 is 14.5 Å². The number of hydrogen-bond acceptors (Lipinski definition) is 5. The quantitative estimate of drug-likeness (QED) is 0.791. The Morgan fingerprint density at radius 2 is 2.13 bits per heavy atom. The smallest absolute Gasteiger partial charge is 0.303 e. The highest BCUT2D eigenvalue weighted by atomic mass is 16.5. The van der Waals surface area contributed by atoms with E-state index in [2.05, 4.69) is 11.1 Å². The first kappa shape index (κ1) is 19.9.